The molecule has 0 aliphatic carbocycles. The van der Waals surface area contributed by atoms with Gasteiger partial charge in [0, 0.05) is 11.4 Å². The molecule has 6 nitrogen and oxygen atoms in total. The molecule has 178 valence electrons. The largest absolute Gasteiger partial charge is 0.492 e. The number of carbonyl (C=O) groups is 2. The molecular weight excluding hydrogens is 475 g/mol. The van der Waals surface area contributed by atoms with Crippen molar-refractivity contribution in [2.24, 2.45) is 0 Å². The maximum atomic E-state index is 12.5. The van der Waals surface area contributed by atoms with E-state index in [1.165, 1.54) is 0 Å². The molecule has 0 aromatic heterocycles. The molecular formula is C26H26Cl2N2O4. The number of halogens is 2. The second-order valence-electron chi connectivity index (χ2n) is 7.47. The van der Waals surface area contributed by atoms with Gasteiger partial charge in [0.25, 0.3) is 5.91 Å². The van der Waals surface area contributed by atoms with Crippen LogP contribution in [0.3, 0.4) is 0 Å². The number of benzene rings is 3. The minimum absolute atomic E-state index is 0.171. The van der Waals surface area contributed by atoms with Crippen LogP contribution >= 0.6 is 23.2 Å². The van der Waals surface area contributed by atoms with Crippen molar-refractivity contribution < 1.29 is 19.1 Å². The first kappa shape index (κ1) is 25.4. The van der Waals surface area contributed by atoms with Crippen molar-refractivity contribution in [1.82, 2.24) is 10.9 Å². The van der Waals surface area contributed by atoms with Gasteiger partial charge in [-0.3, -0.25) is 20.4 Å². The van der Waals surface area contributed by atoms with Crippen molar-refractivity contribution >= 4 is 35.0 Å². The van der Waals surface area contributed by atoms with Crippen molar-refractivity contribution in [2.45, 2.75) is 32.3 Å². The maximum Gasteiger partial charge on any atom is 0.279 e. The lowest BCUT2D eigenvalue weighted by Gasteiger charge is -2.18. The van der Waals surface area contributed by atoms with Crippen LogP contribution in [0.15, 0.2) is 72.8 Å². The Balaban J connectivity index is 1.39. The topological polar surface area (TPSA) is 76.7 Å². The van der Waals surface area contributed by atoms with Crippen molar-refractivity contribution in [3.63, 3.8) is 0 Å². The zero-order valence-electron chi connectivity index (χ0n) is 18.7. The zero-order chi connectivity index (χ0) is 24.3. The summed E-state index contributed by atoms with van der Waals surface area (Å²) in [6.45, 7) is 2.13. The molecule has 1 atom stereocenters. The molecule has 0 aliphatic heterocycles. The predicted octanol–water partition coefficient (Wildman–Crippen LogP) is 5.82. The van der Waals surface area contributed by atoms with Crippen LogP contribution in [0.4, 0.5) is 0 Å². The Kier molecular flexibility index (Phi) is 9.62. The van der Waals surface area contributed by atoms with Crippen LogP contribution in [0.5, 0.6) is 11.5 Å². The van der Waals surface area contributed by atoms with Crippen LogP contribution < -0.4 is 20.3 Å². The van der Waals surface area contributed by atoms with E-state index in [1.807, 2.05) is 61.5 Å². The molecule has 2 N–H and O–H groups in total. The fourth-order valence-electron chi connectivity index (χ4n) is 3.12. The van der Waals surface area contributed by atoms with E-state index in [0.29, 0.717) is 41.0 Å². The molecule has 0 bridgehead atoms. The summed E-state index contributed by atoms with van der Waals surface area (Å²) in [7, 11) is 0. The molecule has 3 aromatic rings. The van der Waals surface area contributed by atoms with E-state index >= 15 is 0 Å². The second kappa shape index (κ2) is 12.9. The molecule has 34 heavy (non-hydrogen) atoms. The Morgan fingerprint density at radius 2 is 1.62 bits per heavy atom. The van der Waals surface area contributed by atoms with Gasteiger partial charge in [0.1, 0.15) is 11.5 Å². The summed E-state index contributed by atoms with van der Waals surface area (Å²) in [5, 5.41) is 0.926. The quantitative estimate of drug-likeness (QED) is 0.271. The molecule has 0 spiro atoms. The van der Waals surface area contributed by atoms with Gasteiger partial charge in [-0.25, -0.2) is 0 Å². The average molecular weight is 501 g/mol. The molecule has 0 saturated heterocycles. The summed E-state index contributed by atoms with van der Waals surface area (Å²) in [5.74, 6) is 0.318. The summed E-state index contributed by atoms with van der Waals surface area (Å²) in [5.41, 5.74) is 6.99. The van der Waals surface area contributed by atoms with Crippen LogP contribution in [0.1, 0.15) is 26.2 Å². The number of hydrazine groups is 1. The fourth-order valence-corrected chi connectivity index (χ4v) is 3.59. The molecule has 2 amide bonds. The van der Waals surface area contributed by atoms with Crippen LogP contribution in [-0.4, -0.2) is 24.5 Å². The van der Waals surface area contributed by atoms with Gasteiger partial charge in [0.2, 0.25) is 5.91 Å². The Labute approximate surface area is 209 Å². The van der Waals surface area contributed by atoms with Gasteiger partial charge < -0.3 is 9.47 Å². The third-order valence-corrected chi connectivity index (χ3v) is 5.46. The normalized spacial score (nSPS) is 11.4. The van der Waals surface area contributed by atoms with Gasteiger partial charge >= 0.3 is 0 Å². The highest BCUT2D eigenvalue weighted by Crippen LogP contribution is 2.27. The van der Waals surface area contributed by atoms with Gasteiger partial charge in [0.15, 0.2) is 6.10 Å². The first-order chi connectivity index (χ1) is 16.5. The molecule has 3 aromatic carbocycles. The highest BCUT2D eigenvalue weighted by atomic mass is 35.5. The lowest BCUT2D eigenvalue weighted by Crippen LogP contribution is -2.47. The molecule has 8 heteroatoms. The lowest BCUT2D eigenvalue weighted by atomic mass is 10.1. The van der Waals surface area contributed by atoms with Crippen molar-refractivity contribution in [1.29, 1.82) is 0 Å². The van der Waals surface area contributed by atoms with Gasteiger partial charge in [0.05, 0.1) is 11.6 Å². The van der Waals surface area contributed by atoms with E-state index < -0.39 is 12.0 Å². The molecule has 0 heterocycles. The van der Waals surface area contributed by atoms with E-state index in [4.69, 9.17) is 32.7 Å². The Bertz CT molecular complexity index is 1090. The molecule has 0 saturated carbocycles. The Hall–Kier alpha value is -3.22. The van der Waals surface area contributed by atoms with E-state index in [9.17, 15) is 9.59 Å². The Morgan fingerprint density at radius 1 is 0.912 bits per heavy atom. The zero-order valence-corrected chi connectivity index (χ0v) is 20.2. The third kappa shape index (κ3) is 7.68. The summed E-state index contributed by atoms with van der Waals surface area (Å²) in [6.07, 6.45) is 0.322. The summed E-state index contributed by atoms with van der Waals surface area (Å²) in [4.78, 5) is 24.5. The average Bonchev–Trinajstić information content (AvgIpc) is 2.85. The number of carbonyl (C=O) groups excluding carboxylic acids is 2. The Morgan fingerprint density at radius 3 is 2.29 bits per heavy atom. The summed E-state index contributed by atoms with van der Waals surface area (Å²) in [6, 6.07) is 22.4. The van der Waals surface area contributed by atoms with Gasteiger partial charge in [-0.05, 0) is 54.3 Å². The first-order valence-corrected chi connectivity index (χ1v) is 11.7. The van der Waals surface area contributed by atoms with E-state index in [0.717, 1.165) is 11.1 Å². The van der Waals surface area contributed by atoms with Gasteiger partial charge in [-0.1, -0.05) is 72.6 Å². The lowest BCUT2D eigenvalue weighted by molar-refractivity contribution is -0.133. The van der Waals surface area contributed by atoms with Crippen molar-refractivity contribution in [3.05, 3.63) is 82.8 Å². The molecule has 0 aliphatic rings. The van der Waals surface area contributed by atoms with Crippen LogP contribution in [-0.2, 0) is 9.59 Å². The number of hydrogen-bond donors (Lipinski definition) is 2. The first-order valence-electron chi connectivity index (χ1n) is 10.9. The minimum atomic E-state index is -0.738. The number of ether oxygens (including phenoxy) is 2. The third-order valence-electron chi connectivity index (χ3n) is 4.93. The summed E-state index contributed by atoms with van der Waals surface area (Å²) < 4.78 is 11.4. The SMILES string of the molecule is CCC(Oc1ccc(-c2ccccc2)cc1)C(=O)NNC(=O)CCCOc1ccc(Cl)cc1Cl. The standard InChI is InChI=1S/C26H26Cl2N2O4/c1-2-23(34-21-13-10-19(11-14-21)18-7-4-3-5-8-18)26(32)30-29-25(31)9-6-16-33-24-15-12-20(27)17-22(24)28/h3-5,7-8,10-15,17,23H,2,6,9,16H2,1H3,(H,29,31)(H,30,32). The number of nitrogens with one attached hydrogen (secondary N) is 2. The second-order valence-corrected chi connectivity index (χ2v) is 8.31. The van der Waals surface area contributed by atoms with Crippen LogP contribution in [0.2, 0.25) is 10.0 Å². The van der Waals surface area contributed by atoms with Crippen molar-refractivity contribution in [2.75, 3.05) is 6.61 Å². The van der Waals surface area contributed by atoms with Crippen molar-refractivity contribution in [3.8, 4) is 22.6 Å². The number of amides is 2. The number of rotatable bonds is 10. The van der Waals surface area contributed by atoms with E-state index in [2.05, 4.69) is 10.9 Å². The highest BCUT2D eigenvalue weighted by Gasteiger charge is 2.19. The maximum absolute atomic E-state index is 12.5. The molecule has 0 fully saturated rings. The van der Waals surface area contributed by atoms with Crippen LogP contribution in [0, 0.1) is 0 Å². The molecule has 1 unspecified atom stereocenters. The van der Waals surface area contributed by atoms with Crippen LogP contribution in [0.25, 0.3) is 11.1 Å². The number of hydrogen-bond acceptors (Lipinski definition) is 4. The summed E-state index contributed by atoms with van der Waals surface area (Å²) >= 11 is 11.9. The van der Waals surface area contributed by atoms with E-state index in [1.54, 1.807) is 18.2 Å². The fraction of sp³-hybridized carbons (Fsp3) is 0.231. The predicted molar refractivity (Wildman–Crippen MR) is 134 cm³/mol. The monoisotopic (exact) mass is 500 g/mol. The molecule has 0 radical (unpaired) electrons. The van der Waals surface area contributed by atoms with Gasteiger partial charge in [-0.2, -0.15) is 0 Å². The smallest absolute Gasteiger partial charge is 0.279 e. The highest BCUT2D eigenvalue weighted by molar-refractivity contribution is 6.35. The minimum Gasteiger partial charge on any atom is -0.492 e. The van der Waals surface area contributed by atoms with E-state index in [-0.39, 0.29) is 12.3 Å². The van der Waals surface area contributed by atoms with Gasteiger partial charge in [-0.15, -0.1) is 0 Å². The molecule has 3 rings (SSSR count).